The molecule has 0 fully saturated rings. The van der Waals surface area contributed by atoms with Crippen LogP contribution in [-0.2, 0) is 24.8 Å². The van der Waals surface area contributed by atoms with Gasteiger partial charge in [0.05, 0.1) is 35.3 Å². The molecule has 15 heteroatoms. The van der Waals surface area contributed by atoms with E-state index in [4.69, 9.17) is 9.47 Å². The summed E-state index contributed by atoms with van der Waals surface area (Å²) in [5.41, 5.74) is 0.167. The van der Waals surface area contributed by atoms with Crippen molar-refractivity contribution in [2.75, 3.05) is 38.1 Å². The van der Waals surface area contributed by atoms with E-state index in [-0.39, 0.29) is 57.8 Å². The second-order valence-electron chi connectivity index (χ2n) is 11.8. The van der Waals surface area contributed by atoms with Crippen molar-refractivity contribution >= 4 is 43.0 Å². The average Bonchev–Trinajstić information content (AvgIpc) is 3.59. The van der Waals surface area contributed by atoms with E-state index in [0.29, 0.717) is 19.4 Å². The lowest BCUT2D eigenvalue weighted by Gasteiger charge is -2.35. The third-order valence-corrected chi connectivity index (χ3v) is 12.6. The van der Waals surface area contributed by atoms with E-state index < -0.39 is 43.9 Å². The van der Waals surface area contributed by atoms with Gasteiger partial charge in [-0.3, -0.25) is 9.52 Å². The van der Waals surface area contributed by atoms with E-state index >= 15 is 0 Å². The summed E-state index contributed by atoms with van der Waals surface area (Å²) in [6.45, 7) is 5.57. The third-order valence-electron chi connectivity index (χ3n) is 8.02. The van der Waals surface area contributed by atoms with Gasteiger partial charge < -0.3 is 19.5 Å². The van der Waals surface area contributed by atoms with E-state index in [1.54, 1.807) is 24.4 Å². The Balaban J connectivity index is 1.68. The van der Waals surface area contributed by atoms with Crippen molar-refractivity contribution in [1.29, 1.82) is 0 Å². The van der Waals surface area contributed by atoms with Gasteiger partial charge in [0, 0.05) is 38.3 Å². The van der Waals surface area contributed by atoms with Crippen molar-refractivity contribution in [3.05, 3.63) is 71.4 Å². The highest BCUT2D eigenvalue weighted by Crippen LogP contribution is 2.30. The number of thiophene rings is 1. The molecule has 47 heavy (non-hydrogen) atoms. The predicted molar refractivity (Wildman–Crippen MR) is 178 cm³/mol. The number of sulfonamides is 2. The molecule has 11 nitrogen and oxygen atoms in total. The van der Waals surface area contributed by atoms with E-state index in [9.17, 15) is 31.1 Å². The zero-order valence-corrected chi connectivity index (χ0v) is 29.3. The molecular weight excluding hydrogens is 670 g/mol. The number of halogens is 1. The standard InChI is InChI=1S/C32H42FN3O8S3/c1-22-19-36(23(2)21-37)32(38)28-18-26(34-46(39,40)27-13-10-25(33)11-14-27)12-15-29(28)44-24(3)8-5-6-16-43-30(22)20-35(4)47(41,42)31-9-7-17-45-31/h7,9-15,17-18,22-24,30,34,37H,5-6,8,16,19-21H2,1-4H3/t22-,23-,24-,30+/m0/s1. The van der Waals surface area contributed by atoms with Gasteiger partial charge in [0.1, 0.15) is 15.8 Å². The Morgan fingerprint density at radius 1 is 1.11 bits per heavy atom. The van der Waals surface area contributed by atoms with Gasteiger partial charge in [-0.05, 0) is 87.0 Å². The maximum absolute atomic E-state index is 14.3. The molecule has 0 aliphatic carbocycles. The van der Waals surface area contributed by atoms with E-state index in [1.807, 2.05) is 13.8 Å². The monoisotopic (exact) mass is 711 g/mol. The number of carbonyl (C=O) groups is 1. The van der Waals surface area contributed by atoms with Crippen LogP contribution >= 0.6 is 11.3 Å². The van der Waals surface area contributed by atoms with Crippen LogP contribution in [0.4, 0.5) is 10.1 Å². The fraction of sp³-hybridized carbons (Fsp3) is 0.469. The summed E-state index contributed by atoms with van der Waals surface area (Å²) < 4.78 is 82.4. The first-order chi connectivity index (χ1) is 22.2. The zero-order valence-electron chi connectivity index (χ0n) is 26.8. The van der Waals surface area contributed by atoms with Crippen LogP contribution in [-0.4, -0.2) is 88.7 Å². The zero-order chi connectivity index (χ0) is 34.4. The van der Waals surface area contributed by atoms with E-state index in [0.717, 1.165) is 42.0 Å². The van der Waals surface area contributed by atoms with Gasteiger partial charge in [0.2, 0.25) is 0 Å². The van der Waals surface area contributed by atoms with Crippen LogP contribution < -0.4 is 9.46 Å². The number of aliphatic hydroxyl groups is 1. The number of rotatable bonds is 9. The molecule has 4 rings (SSSR count). The number of likely N-dealkylation sites (N-methyl/N-ethyl adjacent to an activating group) is 1. The average molecular weight is 712 g/mol. The van der Waals surface area contributed by atoms with Gasteiger partial charge >= 0.3 is 0 Å². The molecule has 0 saturated carbocycles. The molecule has 1 aliphatic rings. The first-order valence-corrected chi connectivity index (χ1v) is 19.2. The number of amides is 1. The van der Waals surface area contributed by atoms with E-state index in [1.165, 1.54) is 34.5 Å². The van der Waals surface area contributed by atoms with Crippen molar-refractivity contribution in [2.45, 2.75) is 67.4 Å². The first kappa shape index (κ1) is 36.8. The number of hydrogen-bond acceptors (Lipinski definition) is 9. The van der Waals surface area contributed by atoms with Crippen LogP contribution in [0.3, 0.4) is 0 Å². The summed E-state index contributed by atoms with van der Waals surface area (Å²) in [6, 6.07) is 11.3. The SMILES string of the molecule is C[C@H]1CCCCO[C@H](CN(C)S(=O)(=O)c2cccs2)[C@@H](C)CN([C@@H](C)CO)C(=O)c2cc(NS(=O)(=O)c3ccc(F)cc3)ccc2O1. The molecule has 1 aliphatic heterocycles. The summed E-state index contributed by atoms with van der Waals surface area (Å²) >= 11 is 1.13. The molecule has 1 amide bonds. The molecule has 0 radical (unpaired) electrons. The number of fused-ring (bicyclic) bond motifs is 1. The number of benzene rings is 2. The second-order valence-corrected chi connectivity index (χ2v) is 16.7. The fourth-order valence-electron chi connectivity index (χ4n) is 5.19. The minimum Gasteiger partial charge on any atom is -0.490 e. The molecule has 3 aromatic rings. The van der Waals surface area contributed by atoms with Crippen LogP contribution in [0.2, 0.25) is 0 Å². The fourth-order valence-corrected chi connectivity index (χ4v) is 8.63. The Morgan fingerprint density at radius 3 is 2.49 bits per heavy atom. The summed E-state index contributed by atoms with van der Waals surface area (Å²) in [7, 11) is -6.37. The summed E-state index contributed by atoms with van der Waals surface area (Å²) in [5.74, 6) is -1.22. The number of hydrogen-bond donors (Lipinski definition) is 2. The van der Waals surface area contributed by atoms with Crippen LogP contribution in [0.1, 0.15) is 50.4 Å². The number of nitrogens with one attached hydrogen (secondary N) is 1. The molecule has 0 unspecified atom stereocenters. The molecular formula is C32H42FN3O8S3. The number of anilines is 1. The van der Waals surface area contributed by atoms with Crippen molar-refractivity contribution in [3.63, 3.8) is 0 Å². The van der Waals surface area contributed by atoms with Crippen molar-refractivity contribution in [3.8, 4) is 5.75 Å². The number of aliphatic hydroxyl groups excluding tert-OH is 1. The maximum Gasteiger partial charge on any atom is 0.261 e. The van der Waals surface area contributed by atoms with E-state index in [2.05, 4.69) is 4.72 Å². The van der Waals surface area contributed by atoms with Gasteiger partial charge in [-0.25, -0.2) is 21.2 Å². The van der Waals surface area contributed by atoms with Crippen LogP contribution in [0.15, 0.2) is 69.1 Å². The summed E-state index contributed by atoms with van der Waals surface area (Å²) in [5, 5.41) is 11.9. The second kappa shape index (κ2) is 15.9. The van der Waals surface area contributed by atoms with Crippen molar-refractivity contribution in [2.24, 2.45) is 5.92 Å². The van der Waals surface area contributed by atoms with Gasteiger partial charge in [0.25, 0.3) is 26.0 Å². The topological polar surface area (TPSA) is 143 Å². The van der Waals surface area contributed by atoms with Crippen LogP contribution in [0.5, 0.6) is 5.75 Å². The van der Waals surface area contributed by atoms with Crippen LogP contribution in [0, 0.1) is 11.7 Å². The van der Waals surface area contributed by atoms with Crippen molar-refractivity contribution < 1.29 is 40.6 Å². The molecule has 2 heterocycles. The van der Waals surface area contributed by atoms with Gasteiger partial charge in [-0.1, -0.05) is 13.0 Å². The Kier molecular flexibility index (Phi) is 12.4. The van der Waals surface area contributed by atoms with Crippen molar-refractivity contribution in [1.82, 2.24) is 9.21 Å². The molecule has 2 N–H and O–H groups in total. The number of ether oxygens (including phenoxy) is 2. The molecule has 1 aromatic heterocycles. The van der Waals surface area contributed by atoms with Gasteiger partial charge in [-0.15, -0.1) is 11.3 Å². The summed E-state index contributed by atoms with van der Waals surface area (Å²) in [4.78, 5) is 15.6. The lowest BCUT2D eigenvalue weighted by atomic mass is 10.0. The maximum atomic E-state index is 14.3. The van der Waals surface area contributed by atoms with Gasteiger partial charge in [0.15, 0.2) is 0 Å². The normalized spacial score (nSPS) is 21.0. The number of nitrogens with zero attached hydrogens (tertiary/aromatic N) is 2. The molecule has 0 saturated heterocycles. The quantitative estimate of drug-likeness (QED) is 0.322. The van der Waals surface area contributed by atoms with Gasteiger partial charge in [-0.2, -0.15) is 4.31 Å². The van der Waals surface area contributed by atoms with Crippen LogP contribution in [0.25, 0.3) is 0 Å². The minimum absolute atomic E-state index is 0.0440. The Labute approximate surface area is 280 Å². The first-order valence-electron chi connectivity index (χ1n) is 15.3. The Morgan fingerprint density at radius 2 is 1.83 bits per heavy atom. The molecule has 258 valence electrons. The minimum atomic E-state index is -4.12. The molecule has 2 aromatic carbocycles. The largest absolute Gasteiger partial charge is 0.490 e. The Bertz CT molecular complexity index is 1700. The highest BCUT2D eigenvalue weighted by atomic mass is 32.2. The highest BCUT2D eigenvalue weighted by molar-refractivity contribution is 7.92. The lowest BCUT2D eigenvalue weighted by Crippen LogP contribution is -2.48. The predicted octanol–water partition coefficient (Wildman–Crippen LogP) is 4.80. The number of carbonyl (C=O) groups excluding carboxylic acids is 1. The third kappa shape index (κ3) is 9.30. The lowest BCUT2D eigenvalue weighted by molar-refractivity contribution is -0.00832. The Hall–Kier alpha value is -3.08. The smallest absolute Gasteiger partial charge is 0.261 e. The highest BCUT2D eigenvalue weighted by Gasteiger charge is 2.33. The molecule has 0 spiro atoms. The summed E-state index contributed by atoms with van der Waals surface area (Å²) in [6.07, 6.45) is 1.20. The molecule has 4 atom stereocenters. The molecule has 0 bridgehead atoms.